The van der Waals surface area contributed by atoms with Gasteiger partial charge in [0.25, 0.3) is 0 Å². The number of benzene rings is 1. The fraction of sp³-hybridized carbons (Fsp3) is 0.333. The second-order valence-electron chi connectivity index (χ2n) is 4.88. The number of hydrogen-bond donors (Lipinski definition) is 1. The maximum Gasteiger partial charge on any atom is 0.0682 e. The van der Waals surface area contributed by atoms with E-state index in [4.69, 9.17) is 0 Å². The van der Waals surface area contributed by atoms with Gasteiger partial charge in [-0.2, -0.15) is 0 Å². The van der Waals surface area contributed by atoms with Crippen molar-refractivity contribution in [2.24, 2.45) is 0 Å². The molecule has 1 N–H and O–H groups in total. The van der Waals surface area contributed by atoms with Crippen LogP contribution < -0.4 is 4.90 Å². The molecule has 19 heavy (non-hydrogen) atoms. The second-order valence-corrected chi connectivity index (χ2v) is 6.77. The molecule has 100 valence electrons. The average molecular weight is 338 g/mol. The molecule has 0 aliphatic heterocycles. The Hall–Kier alpha value is -0.840. The van der Waals surface area contributed by atoms with Crippen LogP contribution in [-0.4, -0.2) is 11.1 Å². The Morgan fingerprint density at radius 2 is 2.16 bits per heavy atom. The number of thiophene rings is 1. The molecule has 4 heteroatoms. The lowest BCUT2D eigenvalue weighted by Crippen LogP contribution is -2.24. The van der Waals surface area contributed by atoms with E-state index in [9.17, 15) is 5.11 Å². The Morgan fingerprint density at radius 1 is 1.32 bits per heavy atom. The Labute approximate surface area is 125 Å². The highest BCUT2D eigenvalue weighted by Crippen LogP contribution is 2.37. The van der Waals surface area contributed by atoms with Crippen LogP contribution in [0.15, 0.2) is 40.2 Å². The summed E-state index contributed by atoms with van der Waals surface area (Å²) in [5.41, 5.74) is 2.18. The van der Waals surface area contributed by atoms with E-state index >= 15 is 0 Å². The smallest absolute Gasteiger partial charge is 0.0682 e. The summed E-state index contributed by atoms with van der Waals surface area (Å²) >= 11 is 5.45. The summed E-state index contributed by atoms with van der Waals surface area (Å²) < 4.78 is 1.07. The van der Waals surface area contributed by atoms with E-state index in [1.807, 2.05) is 23.5 Å². The van der Waals surface area contributed by atoms with Crippen LogP contribution in [0.4, 0.5) is 5.69 Å². The van der Waals surface area contributed by atoms with Crippen molar-refractivity contribution >= 4 is 33.0 Å². The number of rotatable bonds is 5. The first-order valence-corrected chi connectivity index (χ1v) is 8.13. The molecule has 2 aromatic rings. The molecule has 0 radical (unpaired) electrons. The molecule has 0 bridgehead atoms. The fourth-order valence-electron chi connectivity index (χ4n) is 2.25. The van der Waals surface area contributed by atoms with Gasteiger partial charge in [-0.1, -0.05) is 12.1 Å². The van der Waals surface area contributed by atoms with Gasteiger partial charge in [0.2, 0.25) is 0 Å². The molecule has 2 nitrogen and oxygen atoms in total. The van der Waals surface area contributed by atoms with E-state index in [1.54, 1.807) is 0 Å². The van der Waals surface area contributed by atoms with Crippen LogP contribution in [0.3, 0.4) is 0 Å². The van der Waals surface area contributed by atoms with Crippen LogP contribution in [0.2, 0.25) is 0 Å². The molecule has 1 saturated carbocycles. The Morgan fingerprint density at radius 3 is 2.74 bits per heavy atom. The van der Waals surface area contributed by atoms with Gasteiger partial charge in [0.05, 0.1) is 18.8 Å². The minimum absolute atomic E-state index is 0.0905. The van der Waals surface area contributed by atoms with Gasteiger partial charge in [-0.25, -0.2) is 0 Å². The van der Waals surface area contributed by atoms with E-state index < -0.39 is 0 Å². The maximum absolute atomic E-state index is 9.19. The highest BCUT2D eigenvalue weighted by Gasteiger charge is 2.30. The van der Waals surface area contributed by atoms with Gasteiger partial charge in [0, 0.05) is 15.4 Å². The molecular formula is C15H16BrNOS. The van der Waals surface area contributed by atoms with Crippen LogP contribution in [0.5, 0.6) is 0 Å². The molecular weight excluding hydrogens is 322 g/mol. The molecule has 1 aliphatic rings. The van der Waals surface area contributed by atoms with Crippen LogP contribution in [0.1, 0.15) is 23.3 Å². The van der Waals surface area contributed by atoms with Crippen molar-refractivity contribution in [3.63, 3.8) is 0 Å². The Bertz CT molecular complexity index is 551. The van der Waals surface area contributed by atoms with E-state index in [1.165, 1.54) is 23.4 Å². The molecule has 0 atom stereocenters. The SMILES string of the molecule is OCc1ccc(N(Cc2cccs2)C2CC2)c(Br)c1. The molecule has 1 aromatic carbocycles. The highest BCUT2D eigenvalue weighted by molar-refractivity contribution is 9.10. The Kier molecular flexibility index (Phi) is 3.91. The summed E-state index contributed by atoms with van der Waals surface area (Å²) in [6, 6.07) is 11.1. The molecule has 0 saturated heterocycles. The predicted molar refractivity (Wildman–Crippen MR) is 83.6 cm³/mol. The first-order chi connectivity index (χ1) is 9.28. The lowest BCUT2D eigenvalue weighted by molar-refractivity contribution is 0.282. The van der Waals surface area contributed by atoms with E-state index in [0.29, 0.717) is 6.04 Å². The largest absolute Gasteiger partial charge is 0.392 e. The molecule has 1 fully saturated rings. The van der Waals surface area contributed by atoms with E-state index in [2.05, 4.69) is 44.4 Å². The topological polar surface area (TPSA) is 23.5 Å². The third kappa shape index (κ3) is 3.02. The van der Waals surface area contributed by atoms with Crippen LogP contribution in [0.25, 0.3) is 0 Å². The standard InChI is InChI=1S/C15H16BrNOS/c16-14-8-11(10-18)3-6-15(14)17(12-4-5-12)9-13-2-1-7-19-13/h1-3,6-8,12,18H,4-5,9-10H2. The summed E-state index contributed by atoms with van der Waals surface area (Å²) in [6.07, 6.45) is 2.55. The number of anilines is 1. The zero-order valence-electron chi connectivity index (χ0n) is 10.6. The van der Waals surface area contributed by atoms with Crippen molar-refractivity contribution in [3.8, 4) is 0 Å². The molecule has 1 aliphatic carbocycles. The molecule has 0 spiro atoms. The zero-order valence-corrected chi connectivity index (χ0v) is 13.0. The van der Waals surface area contributed by atoms with Gasteiger partial charge >= 0.3 is 0 Å². The Balaban J connectivity index is 1.87. The summed E-state index contributed by atoms with van der Waals surface area (Å²) in [7, 11) is 0. The third-order valence-electron chi connectivity index (χ3n) is 3.40. The number of hydrogen-bond acceptors (Lipinski definition) is 3. The molecule has 1 heterocycles. The van der Waals surface area contributed by atoms with Gasteiger partial charge in [0.15, 0.2) is 0 Å². The van der Waals surface area contributed by atoms with Crippen LogP contribution in [0, 0.1) is 0 Å². The van der Waals surface area contributed by atoms with Crippen molar-refractivity contribution in [2.75, 3.05) is 4.90 Å². The zero-order chi connectivity index (χ0) is 13.2. The van der Waals surface area contributed by atoms with Gasteiger partial charge in [-0.15, -0.1) is 11.3 Å². The monoisotopic (exact) mass is 337 g/mol. The summed E-state index contributed by atoms with van der Waals surface area (Å²) in [5.74, 6) is 0. The van der Waals surface area contributed by atoms with Crippen molar-refractivity contribution in [3.05, 3.63) is 50.6 Å². The average Bonchev–Trinajstić information content (AvgIpc) is 3.14. The number of aliphatic hydroxyl groups excluding tert-OH is 1. The summed E-state index contributed by atoms with van der Waals surface area (Å²) in [4.78, 5) is 3.86. The minimum atomic E-state index is 0.0905. The lowest BCUT2D eigenvalue weighted by Gasteiger charge is -2.25. The van der Waals surface area contributed by atoms with Gasteiger partial charge in [0.1, 0.15) is 0 Å². The summed E-state index contributed by atoms with van der Waals surface area (Å²) in [5, 5.41) is 11.3. The normalized spacial score (nSPS) is 14.6. The van der Waals surface area contributed by atoms with E-state index in [0.717, 1.165) is 16.6 Å². The van der Waals surface area contributed by atoms with Crippen LogP contribution in [-0.2, 0) is 13.2 Å². The lowest BCUT2D eigenvalue weighted by atomic mass is 10.2. The predicted octanol–water partition coefficient (Wildman–Crippen LogP) is 4.17. The molecule has 0 unspecified atom stereocenters. The quantitative estimate of drug-likeness (QED) is 0.884. The minimum Gasteiger partial charge on any atom is -0.392 e. The second kappa shape index (κ2) is 5.65. The maximum atomic E-state index is 9.19. The number of halogens is 1. The molecule has 0 amide bonds. The third-order valence-corrected chi connectivity index (χ3v) is 4.89. The first kappa shape index (κ1) is 13.2. The first-order valence-electron chi connectivity index (χ1n) is 6.46. The van der Waals surface area contributed by atoms with Crippen molar-refractivity contribution in [1.82, 2.24) is 0 Å². The number of aliphatic hydroxyl groups is 1. The van der Waals surface area contributed by atoms with Gasteiger partial charge in [-0.3, -0.25) is 0 Å². The van der Waals surface area contributed by atoms with Crippen LogP contribution >= 0.6 is 27.3 Å². The fourth-order valence-corrected chi connectivity index (χ4v) is 3.61. The van der Waals surface area contributed by atoms with Crippen molar-refractivity contribution in [2.45, 2.75) is 32.0 Å². The van der Waals surface area contributed by atoms with Crippen molar-refractivity contribution < 1.29 is 5.11 Å². The summed E-state index contributed by atoms with van der Waals surface area (Å²) in [6.45, 7) is 1.06. The highest BCUT2D eigenvalue weighted by atomic mass is 79.9. The van der Waals surface area contributed by atoms with Crippen molar-refractivity contribution in [1.29, 1.82) is 0 Å². The number of nitrogens with zero attached hydrogens (tertiary/aromatic N) is 1. The van der Waals surface area contributed by atoms with Gasteiger partial charge < -0.3 is 10.0 Å². The van der Waals surface area contributed by atoms with E-state index in [-0.39, 0.29) is 6.61 Å². The molecule has 1 aromatic heterocycles. The molecule has 3 rings (SSSR count). The van der Waals surface area contributed by atoms with Gasteiger partial charge in [-0.05, 0) is 57.9 Å².